The molecule has 0 aliphatic carbocycles. The van der Waals surface area contributed by atoms with Crippen LogP contribution in [0.25, 0.3) is 4.85 Å². The molecule has 0 aromatic carbocycles. The molecule has 0 saturated carbocycles. The lowest BCUT2D eigenvalue weighted by Crippen LogP contribution is -2.10. The molecule has 0 radical (unpaired) electrons. The van der Waals surface area contributed by atoms with Crippen LogP contribution in [0.1, 0.15) is 27.8 Å². The van der Waals surface area contributed by atoms with Gasteiger partial charge in [0.1, 0.15) is 5.56 Å². The van der Waals surface area contributed by atoms with Gasteiger partial charge in [-0.1, -0.05) is 12.6 Å². The van der Waals surface area contributed by atoms with Crippen molar-refractivity contribution in [3.63, 3.8) is 0 Å². The molecule has 1 rings (SSSR count). The maximum Gasteiger partial charge on any atom is 0.342 e. The first-order valence-corrected chi connectivity index (χ1v) is 4.08. The summed E-state index contributed by atoms with van der Waals surface area (Å²) < 4.78 is 4.49. The second-order valence-corrected chi connectivity index (χ2v) is 2.73. The minimum Gasteiger partial charge on any atom is -0.465 e. The number of carbonyl (C=O) groups excluding carboxylic acids is 2. The summed E-state index contributed by atoms with van der Waals surface area (Å²) in [6.45, 7) is 8.02. The van der Waals surface area contributed by atoms with Gasteiger partial charge in [0.15, 0.2) is 0 Å². The van der Waals surface area contributed by atoms with Crippen molar-refractivity contribution in [2.45, 2.75) is 6.92 Å². The molecule has 0 fully saturated rings. The van der Waals surface area contributed by atoms with Crippen molar-refractivity contribution in [2.75, 3.05) is 7.11 Å². The zero-order valence-electron chi connectivity index (χ0n) is 8.27. The summed E-state index contributed by atoms with van der Waals surface area (Å²) in [4.78, 5) is 29.3. The number of ether oxygens (including phenoxy) is 1. The molecule has 0 unspecified atom stereocenters. The predicted molar refractivity (Wildman–Crippen MR) is 51.8 cm³/mol. The molecular formula is C10H8N2O3. The van der Waals surface area contributed by atoms with E-state index in [9.17, 15) is 9.59 Å². The Morgan fingerprint density at radius 3 is 2.60 bits per heavy atom. The van der Waals surface area contributed by atoms with Crippen molar-refractivity contribution in [3.05, 3.63) is 34.8 Å². The fourth-order valence-electron chi connectivity index (χ4n) is 1.05. The summed E-state index contributed by atoms with van der Waals surface area (Å²) in [5.74, 6) is -0.932. The Kier molecular flexibility index (Phi) is 3.13. The van der Waals surface area contributed by atoms with Crippen LogP contribution in [-0.4, -0.2) is 23.8 Å². The number of Topliss-reactive ketones (excluding diaryl/α,β-unsaturated/α-hetero) is 1. The minimum absolute atomic E-state index is 0.0321. The molecule has 0 bridgehead atoms. The van der Waals surface area contributed by atoms with Crippen molar-refractivity contribution in [1.29, 1.82) is 0 Å². The van der Waals surface area contributed by atoms with Crippen LogP contribution in [0.2, 0.25) is 0 Å². The van der Waals surface area contributed by atoms with E-state index in [1.807, 2.05) is 0 Å². The van der Waals surface area contributed by atoms with Crippen LogP contribution in [0.3, 0.4) is 0 Å². The number of hydrogen-bond acceptors (Lipinski definition) is 4. The number of pyridine rings is 1. The van der Waals surface area contributed by atoms with E-state index in [0.717, 1.165) is 0 Å². The molecule has 1 heterocycles. The van der Waals surface area contributed by atoms with Gasteiger partial charge in [0.2, 0.25) is 11.5 Å². The summed E-state index contributed by atoms with van der Waals surface area (Å²) in [6.07, 6.45) is 0. The first kappa shape index (κ1) is 10.9. The molecule has 1 aromatic heterocycles. The van der Waals surface area contributed by atoms with Crippen molar-refractivity contribution in [3.8, 4) is 0 Å². The molecule has 0 saturated heterocycles. The lowest BCUT2D eigenvalue weighted by molar-refractivity contribution is 0.0596. The number of esters is 1. The van der Waals surface area contributed by atoms with Gasteiger partial charge >= 0.3 is 5.97 Å². The van der Waals surface area contributed by atoms with Gasteiger partial charge < -0.3 is 9.58 Å². The lowest BCUT2D eigenvalue weighted by Gasteiger charge is -2.01. The molecule has 15 heavy (non-hydrogen) atoms. The Balaban J connectivity index is 3.35. The zero-order valence-corrected chi connectivity index (χ0v) is 8.27. The number of nitrogens with zero attached hydrogens (tertiary/aromatic N) is 2. The van der Waals surface area contributed by atoms with Crippen LogP contribution >= 0.6 is 0 Å². The monoisotopic (exact) mass is 204 g/mol. The smallest absolute Gasteiger partial charge is 0.342 e. The van der Waals surface area contributed by atoms with Crippen molar-refractivity contribution >= 4 is 17.6 Å². The highest BCUT2D eigenvalue weighted by Gasteiger charge is 2.20. The molecule has 0 amide bonds. The quantitative estimate of drug-likeness (QED) is 0.417. The molecule has 5 nitrogen and oxygen atoms in total. The Morgan fingerprint density at radius 1 is 1.47 bits per heavy atom. The van der Waals surface area contributed by atoms with Crippen LogP contribution in [0.4, 0.5) is 5.82 Å². The van der Waals surface area contributed by atoms with Crippen molar-refractivity contribution in [2.24, 2.45) is 0 Å². The summed E-state index contributed by atoms with van der Waals surface area (Å²) >= 11 is 0. The second-order valence-electron chi connectivity index (χ2n) is 2.73. The molecule has 1 aromatic rings. The summed E-state index contributed by atoms with van der Waals surface area (Å²) in [5, 5.41) is 0. The average Bonchev–Trinajstić information content (AvgIpc) is 2.27. The number of methoxy groups -OCH3 is 1. The van der Waals surface area contributed by atoms with E-state index < -0.39 is 5.97 Å². The van der Waals surface area contributed by atoms with Crippen LogP contribution in [0, 0.1) is 6.57 Å². The van der Waals surface area contributed by atoms with E-state index in [2.05, 4.69) is 14.6 Å². The molecular weight excluding hydrogens is 196 g/mol. The first-order chi connectivity index (χ1) is 7.10. The molecule has 0 spiro atoms. The van der Waals surface area contributed by atoms with E-state index in [0.29, 0.717) is 0 Å². The second kappa shape index (κ2) is 4.33. The summed E-state index contributed by atoms with van der Waals surface area (Å²) in [5.41, 5.74) is 0.0488. The van der Waals surface area contributed by atoms with Crippen LogP contribution < -0.4 is 0 Å². The van der Waals surface area contributed by atoms with Gasteiger partial charge in [-0.2, -0.15) is 0 Å². The Hall–Kier alpha value is -2.22. The van der Waals surface area contributed by atoms with E-state index in [4.69, 9.17) is 6.57 Å². The van der Waals surface area contributed by atoms with Crippen LogP contribution in [0.15, 0.2) is 12.1 Å². The predicted octanol–water partition coefficient (Wildman–Crippen LogP) is 1.62. The van der Waals surface area contributed by atoms with Gasteiger partial charge in [-0.25, -0.2) is 4.79 Å². The SMILES string of the molecule is [C-]#[N+]c1ccc(C(=O)OC)c(C(C)=O)n1. The van der Waals surface area contributed by atoms with E-state index in [-0.39, 0.29) is 22.9 Å². The van der Waals surface area contributed by atoms with Gasteiger partial charge in [-0.15, -0.1) is 4.98 Å². The van der Waals surface area contributed by atoms with Crippen LogP contribution in [0.5, 0.6) is 0 Å². The molecule has 0 N–H and O–H groups in total. The summed E-state index contributed by atoms with van der Waals surface area (Å²) in [7, 11) is 1.22. The van der Waals surface area contributed by atoms with E-state index in [1.54, 1.807) is 0 Å². The van der Waals surface area contributed by atoms with Gasteiger partial charge in [-0.3, -0.25) is 4.79 Å². The fraction of sp³-hybridized carbons (Fsp3) is 0.200. The van der Waals surface area contributed by atoms with Gasteiger partial charge in [0.05, 0.1) is 7.11 Å². The molecule has 5 heteroatoms. The zero-order chi connectivity index (χ0) is 11.4. The topological polar surface area (TPSA) is 60.6 Å². The normalized spacial score (nSPS) is 9.13. The Bertz CT molecular complexity index is 460. The highest BCUT2D eigenvalue weighted by molar-refractivity contribution is 6.04. The third-order valence-electron chi connectivity index (χ3n) is 1.73. The average molecular weight is 204 g/mol. The van der Waals surface area contributed by atoms with Crippen LogP contribution in [-0.2, 0) is 4.74 Å². The number of ketones is 1. The Labute approximate surface area is 86.5 Å². The molecule has 0 aliphatic heterocycles. The standard InChI is InChI=1S/C10H8N2O3/c1-6(13)9-7(10(14)15-3)4-5-8(11-2)12-9/h4-5H,1,3H3. The number of hydrogen-bond donors (Lipinski definition) is 0. The fourth-order valence-corrected chi connectivity index (χ4v) is 1.05. The number of rotatable bonds is 2. The molecule has 76 valence electrons. The maximum absolute atomic E-state index is 11.2. The molecule has 0 atom stereocenters. The largest absolute Gasteiger partial charge is 0.465 e. The lowest BCUT2D eigenvalue weighted by atomic mass is 10.1. The highest BCUT2D eigenvalue weighted by atomic mass is 16.5. The third kappa shape index (κ3) is 2.17. The van der Waals surface area contributed by atoms with Gasteiger partial charge in [0.25, 0.3) is 5.82 Å². The van der Waals surface area contributed by atoms with Gasteiger partial charge in [0, 0.05) is 6.92 Å². The Morgan fingerprint density at radius 2 is 2.13 bits per heavy atom. The van der Waals surface area contributed by atoms with Crippen molar-refractivity contribution < 1.29 is 14.3 Å². The number of carbonyl (C=O) groups is 2. The van der Waals surface area contributed by atoms with Crippen molar-refractivity contribution in [1.82, 2.24) is 4.98 Å². The van der Waals surface area contributed by atoms with E-state index >= 15 is 0 Å². The maximum atomic E-state index is 11.2. The minimum atomic E-state index is -0.635. The third-order valence-corrected chi connectivity index (χ3v) is 1.73. The first-order valence-electron chi connectivity index (χ1n) is 4.08. The molecule has 0 aliphatic rings. The highest BCUT2D eigenvalue weighted by Crippen LogP contribution is 2.15. The van der Waals surface area contributed by atoms with E-state index in [1.165, 1.54) is 26.2 Å². The summed E-state index contributed by atoms with van der Waals surface area (Å²) in [6, 6.07) is 2.73. The number of aromatic nitrogens is 1. The van der Waals surface area contributed by atoms with Gasteiger partial charge in [-0.05, 0) is 6.07 Å².